The topological polar surface area (TPSA) is 41.1 Å². The van der Waals surface area contributed by atoms with Crippen molar-refractivity contribution >= 4 is 5.91 Å². The molecule has 156 valence electrons. The lowest BCUT2D eigenvalue weighted by molar-refractivity contribution is 0.0934. The van der Waals surface area contributed by atoms with Gasteiger partial charge in [-0.15, -0.1) is 0 Å². The van der Waals surface area contributed by atoms with Crippen LogP contribution in [0.25, 0.3) is 0 Å². The number of rotatable bonds is 5. The fourth-order valence-corrected chi connectivity index (χ4v) is 4.28. The van der Waals surface area contributed by atoms with Crippen molar-refractivity contribution in [2.24, 2.45) is 0 Å². The third-order valence-corrected chi connectivity index (χ3v) is 6.29. The van der Waals surface area contributed by atoms with Crippen LogP contribution in [0.3, 0.4) is 0 Å². The van der Waals surface area contributed by atoms with E-state index in [-0.39, 0.29) is 11.4 Å². The summed E-state index contributed by atoms with van der Waals surface area (Å²) in [5.74, 6) is 6.37. The summed E-state index contributed by atoms with van der Waals surface area (Å²) in [7, 11) is 0. The third kappa shape index (κ3) is 5.74. The van der Waals surface area contributed by atoms with Crippen molar-refractivity contribution in [3.05, 3.63) is 70.8 Å². The standard InChI is InChI=1S/C27H32N2O/c1-21-6-8-22(9-7-21)10-11-23-12-14-24(15-13-23)26(30)28-20-27(29-25-16-17-25)18-4-2-3-5-19-27/h6-9,12-15,25,29H,2-5,16-20H2,1H3,(H,28,30). The Morgan fingerprint density at radius 2 is 1.47 bits per heavy atom. The molecule has 2 aromatic carbocycles. The van der Waals surface area contributed by atoms with E-state index >= 15 is 0 Å². The van der Waals surface area contributed by atoms with Crippen LogP contribution in [0, 0.1) is 18.8 Å². The van der Waals surface area contributed by atoms with E-state index in [2.05, 4.69) is 41.5 Å². The Hall–Kier alpha value is -2.57. The average Bonchev–Trinajstić information content (AvgIpc) is 3.60. The zero-order chi connectivity index (χ0) is 20.8. The predicted molar refractivity (Wildman–Crippen MR) is 123 cm³/mol. The Labute approximate surface area is 180 Å². The predicted octanol–water partition coefficient (Wildman–Crippen LogP) is 4.97. The first-order chi connectivity index (χ1) is 14.6. The SMILES string of the molecule is Cc1ccc(C#Cc2ccc(C(=O)NCC3(NC4CC4)CCCCCC3)cc2)cc1. The molecule has 0 radical (unpaired) electrons. The van der Waals surface area contributed by atoms with E-state index in [1.807, 2.05) is 36.4 Å². The monoisotopic (exact) mass is 400 g/mol. The van der Waals surface area contributed by atoms with Gasteiger partial charge in [0.05, 0.1) is 0 Å². The Kier molecular flexibility index (Phi) is 6.55. The van der Waals surface area contributed by atoms with Crippen LogP contribution in [0.15, 0.2) is 48.5 Å². The smallest absolute Gasteiger partial charge is 0.251 e. The molecule has 0 atom stereocenters. The van der Waals surface area contributed by atoms with Crippen molar-refractivity contribution in [2.45, 2.75) is 69.9 Å². The van der Waals surface area contributed by atoms with E-state index in [1.165, 1.54) is 44.1 Å². The number of carbonyl (C=O) groups excluding carboxylic acids is 1. The average molecular weight is 401 g/mol. The molecular formula is C27H32N2O. The Bertz CT molecular complexity index is 906. The molecule has 0 spiro atoms. The number of amides is 1. The van der Waals surface area contributed by atoms with Crippen LogP contribution in [0.1, 0.15) is 78.4 Å². The van der Waals surface area contributed by atoms with E-state index in [0.717, 1.165) is 30.5 Å². The van der Waals surface area contributed by atoms with Gasteiger partial charge in [0.15, 0.2) is 0 Å². The summed E-state index contributed by atoms with van der Waals surface area (Å²) in [5, 5.41) is 7.08. The molecule has 0 aliphatic heterocycles. The summed E-state index contributed by atoms with van der Waals surface area (Å²) in [6.45, 7) is 2.79. The van der Waals surface area contributed by atoms with Gasteiger partial charge in [0.25, 0.3) is 5.91 Å². The summed E-state index contributed by atoms with van der Waals surface area (Å²) in [4.78, 5) is 12.8. The fraction of sp³-hybridized carbons (Fsp3) is 0.444. The second-order valence-corrected chi connectivity index (χ2v) is 8.99. The minimum Gasteiger partial charge on any atom is -0.350 e. The molecule has 2 aromatic rings. The van der Waals surface area contributed by atoms with Gasteiger partial charge in [-0.1, -0.05) is 55.2 Å². The van der Waals surface area contributed by atoms with Gasteiger partial charge in [-0.05, 0) is 69.0 Å². The van der Waals surface area contributed by atoms with Crippen LogP contribution in [0.5, 0.6) is 0 Å². The minimum atomic E-state index is 0.00858. The summed E-state index contributed by atoms with van der Waals surface area (Å²) in [6, 6.07) is 16.5. The van der Waals surface area contributed by atoms with Crippen molar-refractivity contribution in [1.82, 2.24) is 10.6 Å². The lowest BCUT2D eigenvalue weighted by Gasteiger charge is -2.34. The molecule has 2 aliphatic carbocycles. The molecule has 0 bridgehead atoms. The summed E-state index contributed by atoms with van der Waals surface area (Å²) in [5.41, 5.74) is 3.93. The normalized spacial score (nSPS) is 18.0. The maximum Gasteiger partial charge on any atom is 0.251 e. The van der Waals surface area contributed by atoms with Crippen LogP contribution >= 0.6 is 0 Å². The summed E-state index contributed by atoms with van der Waals surface area (Å²) < 4.78 is 0. The molecular weight excluding hydrogens is 368 g/mol. The fourth-order valence-electron chi connectivity index (χ4n) is 4.28. The molecule has 30 heavy (non-hydrogen) atoms. The number of benzene rings is 2. The molecule has 0 saturated heterocycles. The zero-order valence-electron chi connectivity index (χ0n) is 18.0. The molecule has 2 fully saturated rings. The first-order valence-corrected chi connectivity index (χ1v) is 11.4. The van der Waals surface area contributed by atoms with Gasteiger partial charge in [0, 0.05) is 34.8 Å². The second-order valence-electron chi connectivity index (χ2n) is 8.99. The molecule has 0 unspecified atom stereocenters. The van der Waals surface area contributed by atoms with Crippen LogP contribution in [0.4, 0.5) is 0 Å². The van der Waals surface area contributed by atoms with Gasteiger partial charge in [0.2, 0.25) is 0 Å². The number of carbonyl (C=O) groups is 1. The van der Waals surface area contributed by atoms with Crippen molar-refractivity contribution < 1.29 is 4.79 Å². The quantitative estimate of drug-likeness (QED) is 0.550. The van der Waals surface area contributed by atoms with Crippen molar-refractivity contribution in [3.8, 4) is 11.8 Å². The zero-order valence-corrected chi connectivity index (χ0v) is 18.0. The van der Waals surface area contributed by atoms with Crippen molar-refractivity contribution in [1.29, 1.82) is 0 Å². The summed E-state index contributed by atoms with van der Waals surface area (Å²) in [6.07, 6.45) is 10.0. The first kappa shape index (κ1) is 20.7. The highest BCUT2D eigenvalue weighted by molar-refractivity contribution is 5.94. The van der Waals surface area contributed by atoms with Gasteiger partial charge in [-0.25, -0.2) is 0 Å². The van der Waals surface area contributed by atoms with Crippen LogP contribution < -0.4 is 10.6 Å². The highest BCUT2D eigenvalue weighted by atomic mass is 16.1. The molecule has 3 nitrogen and oxygen atoms in total. The lowest BCUT2D eigenvalue weighted by atomic mass is 9.89. The molecule has 4 rings (SSSR count). The van der Waals surface area contributed by atoms with Crippen molar-refractivity contribution in [2.75, 3.05) is 6.54 Å². The molecule has 1 amide bonds. The van der Waals surface area contributed by atoms with Crippen LogP contribution in [-0.4, -0.2) is 24.0 Å². The van der Waals surface area contributed by atoms with E-state index in [0.29, 0.717) is 11.6 Å². The van der Waals surface area contributed by atoms with Crippen LogP contribution in [-0.2, 0) is 0 Å². The number of hydrogen-bond acceptors (Lipinski definition) is 2. The van der Waals surface area contributed by atoms with Gasteiger partial charge in [-0.3, -0.25) is 4.79 Å². The van der Waals surface area contributed by atoms with Gasteiger partial charge in [-0.2, -0.15) is 0 Å². The largest absolute Gasteiger partial charge is 0.350 e. The molecule has 0 heterocycles. The number of nitrogens with one attached hydrogen (secondary N) is 2. The Morgan fingerprint density at radius 3 is 2.03 bits per heavy atom. The highest BCUT2D eigenvalue weighted by Crippen LogP contribution is 2.31. The molecule has 2 N–H and O–H groups in total. The van der Waals surface area contributed by atoms with Gasteiger partial charge in [0.1, 0.15) is 0 Å². The molecule has 2 saturated carbocycles. The number of hydrogen-bond donors (Lipinski definition) is 2. The van der Waals surface area contributed by atoms with Crippen molar-refractivity contribution in [3.63, 3.8) is 0 Å². The second kappa shape index (κ2) is 9.49. The molecule has 3 heteroatoms. The first-order valence-electron chi connectivity index (χ1n) is 11.4. The third-order valence-electron chi connectivity index (χ3n) is 6.29. The Balaban J connectivity index is 1.36. The molecule has 2 aliphatic rings. The summed E-state index contributed by atoms with van der Waals surface area (Å²) >= 11 is 0. The maximum atomic E-state index is 12.8. The van der Waals surface area contributed by atoms with Gasteiger partial charge < -0.3 is 10.6 Å². The van der Waals surface area contributed by atoms with E-state index in [9.17, 15) is 4.79 Å². The van der Waals surface area contributed by atoms with E-state index in [1.54, 1.807) is 0 Å². The van der Waals surface area contributed by atoms with E-state index in [4.69, 9.17) is 0 Å². The number of aryl methyl sites for hydroxylation is 1. The van der Waals surface area contributed by atoms with Gasteiger partial charge >= 0.3 is 0 Å². The van der Waals surface area contributed by atoms with E-state index < -0.39 is 0 Å². The molecule has 0 aromatic heterocycles. The minimum absolute atomic E-state index is 0.00858. The highest BCUT2D eigenvalue weighted by Gasteiger charge is 2.36. The maximum absolute atomic E-state index is 12.8. The van der Waals surface area contributed by atoms with Crippen LogP contribution in [0.2, 0.25) is 0 Å². The Morgan fingerprint density at radius 1 is 0.900 bits per heavy atom. The lowest BCUT2D eigenvalue weighted by Crippen LogP contribution is -2.54.